The molecular weight excluding hydrogens is 374 g/mol. The number of hydrogen-bond acceptors (Lipinski definition) is 5. The first kappa shape index (κ1) is 18.5. The van der Waals surface area contributed by atoms with Gasteiger partial charge in [0, 0.05) is 12.1 Å². The van der Waals surface area contributed by atoms with Crippen molar-refractivity contribution in [2.24, 2.45) is 0 Å². The Morgan fingerprint density at radius 2 is 1.66 bits per heavy atom. The van der Waals surface area contributed by atoms with Gasteiger partial charge in [-0.1, -0.05) is 36.4 Å². The predicted molar refractivity (Wildman–Crippen MR) is 107 cm³/mol. The van der Waals surface area contributed by atoms with Gasteiger partial charge >= 0.3 is 0 Å². The highest BCUT2D eigenvalue weighted by Crippen LogP contribution is 2.35. The van der Waals surface area contributed by atoms with E-state index in [1.54, 1.807) is 0 Å². The van der Waals surface area contributed by atoms with Crippen LogP contribution >= 0.6 is 0 Å². The van der Waals surface area contributed by atoms with Crippen LogP contribution in [-0.4, -0.2) is 15.8 Å². The summed E-state index contributed by atoms with van der Waals surface area (Å²) in [5, 5.41) is 27.3. The summed E-state index contributed by atoms with van der Waals surface area (Å²) in [6.45, 7) is 0. The molecule has 0 fully saturated rings. The minimum Gasteiger partial charge on any atom is -0.345 e. The molecule has 0 saturated carbocycles. The third-order valence-corrected chi connectivity index (χ3v) is 5.26. The number of fused-ring (bicyclic) bond motifs is 3. The Morgan fingerprint density at radius 1 is 0.966 bits per heavy atom. The van der Waals surface area contributed by atoms with E-state index < -0.39 is 27.1 Å². The van der Waals surface area contributed by atoms with Crippen molar-refractivity contribution in [2.75, 3.05) is 0 Å². The summed E-state index contributed by atoms with van der Waals surface area (Å²) in [5.41, 5.74) is 1.13. The van der Waals surface area contributed by atoms with Gasteiger partial charge in [-0.05, 0) is 41.2 Å². The topological polar surface area (TPSA) is 115 Å². The van der Waals surface area contributed by atoms with Gasteiger partial charge in [0.25, 0.3) is 17.3 Å². The lowest BCUT2D eigenvalue weighted by Gasteiger charge is -2.27. The van der Waals surface area contributed by atoms with Crippen molar-refractivity contribution in [1.29, 1.82) is 0 Å². The van der Waals surface area contributed by atoms with E-state index in [1.165, 1.54) is 5.56 Å². The molecule has 0 heterocycles. The standard InChI is InChI=1S/C21H17N3O5/c25-21(14-10-15(23(26)27)12-16(11-14)24(28)29)22-20-7-3-6-18-17-5-2-1-4-13(17)8-9-19(18)20/h1-2,4-5,8-12,20H,3,6-7H2,(H,22,25). The molecule has 0 radical (unpaired) electrons. The normalized spacial score (nSPS) is 15.5. The van der Waals surface area contributed by atoms with Crippen molar-refractivity contribution in [3.05, 3.63) is 91.5 Å². The molecule has 1 amide bonds. The van der Waals surface area contributed by atoms with E-state index in [0.29, 0.717) is 0 Å². The Labute approximate surface area is 165 Å². The van der Waals surface area contributed by atoms with E-state index in [1.807, 2.05) is 30.3 Å². The highest BCUT2D eigenvalue weighted by atomic mass is 16.6. The lowest BCUT2D eigenvalue weighted by atomic mass is 9.84. The first-order valence-electron chi connectivity index (χ1n) is 9.19. The molecule has 8 heteroatoms. The van der Waals surface area contributed by atoms with E-state index in [9.17, 15) is 25.0 Å². The van der Waals surface area contributed by atoms with Crippen LogP contribution in [0.4, 0.5) is 11.4 Å². The largest absolute Gasteiger partial charge is 0.345 e. The molecule has 0 aliphatic heterocycles. The lowest BCUT2D eigenvalue weighted by molar-refractivity contribution is -0.394. The van der Waals surface area contributed by atoms with Crippen LogP contribution in [0.2, 0.25) is 0 Å². The molecule has 146 valence electrons. The van der Waals surface area contributed by atoms with Gasteiger partial charge in [0.2, 0.25) is 0 Å². The third-order valence-electron chi connectivity index (χ3n) is 5.26. The van der Waals surface area contributed by atoms with Crippen LogP contribution in [0.25, 0.3) is 10.8 Å². The summed E-state index contributed by atoms with van der Waals surface area (Å²) in [6, 6.07) is 14.8. The van der Waals surface area contributed by atoms with Gasteiger partial charge in [0.15, 0.2) is 0 Å². The zero-order chi connectivity index (χ0) is 20.5. The molecule has 3 aromatic carbocycles. The highest BCUT2D eigenvalue weighted by molar-refractivity contribution is 5.96. The Morgan fingerprint density at radius 3 is 2.34 bits per heavy atom. The smallest absolute Gasteiger partial charge is 0.277 e. The fourth-order valence-electron chi connectivity index (χ4n) is 3.93. The molecule has 0 aromatic heterocycles. The predicted octanol–water partition coefficient (Wildman–Crippen LogP) is 4.46. The number of amides is 1. The van der Waals surface area contributed by atoms with Crippen LogP contribution in [0.5, 0.6) is 0 Å². The monoisotopic (exact) mass is 391 g/mol. The third kappa shape index (κ3) is 3.52. The summed E-state index contributed by atoms with van der Waals surface area (Å²) in [4.78, 5) is 33.5. The second-order valence-corrected chi connectivity index (χ2v) is 7.03. The van der Waals surface area contributed by atoms with Gasteiger partial charge < -0.3 is 5.32 Å². The van der Waals surface area contributed by atoms with Gasteiger partial charge in [-0.3, -0.25) is 25.0 Å². The van der Waals surface area contributed by atoms with Crippen LogP contribution in [0.15, 0.2) is 54.6 Å². The molecule has 0 saturated heterocycles. The van der Waals surface area contributed by atoms with Crippen molar-refractivity contribution in [3.8, 4) is 0 Å². The van der Waals surface area contributed by atoms with Gasteiger partial charge in [-0.15, -0.1) is 0 Å². The molecule has 1 aliphatic rings. The number of hydrogen-bond donors (Lipinski definition) is 1. The molecule has 1 atom stereocenters. The van der Waals surface area contributed by atoms with Gasteiger partial charge in [0.05, 0.1) is 27.5 Å². The van der Waals surface area contributed by atoms with Gasteiger partial charge in [-0.2, -0.15) is 0 Å². The molecule has 1 unspecified atom stereocenters. The molecule has 0 spiro atoms. The second-order valence-electron chi connectivity index (χ2n) is 7.03. The second kappa shape index (κ2) is 7.31. The molecule has 4 rings (SSSR count). The van der Waals surface area contributed by atoms with Crippen LogP contribution in [-0.2, 0) is 6.42 Å². The number of rotatable bonds is 4. The van der Waals surface area contributed by atoms with E-state index >= 15 is 0 Å². The Hall–Kier alpha value is -3.81. The number of non-ortho nitro benzene ring substituents is 2. The maximum absolute atomic E-state index is 12.8. The average molecular weight is 391 g/mol. The first-order chi connectivity index (χ1) is 13.9. The van der Waals surface area contributed by atoms with Crippen molar-refractivity contribution in [2.45, 2.75) is 25.3 Å². The Balaban J connectivity index is 1.68. The summed E-state index contributed by atoms with van der Waals surface area (Å²) < 4.78 is 0. The number of nitro benzene ring substituents is 2. The van der Waals surface area contributed by atoms with E-state index in [0.717, 1.165) is 53.8 Å². The minimum absolute atomic E-state index is 0.0983. The number of nitro groups is 2. The number of carbonyl (C=O) groups excluding carboxylic acids is 1. The van der Waals surface area contributed by atoms with Crippen LogP contribution in [0.3, 0.4) is 0 Å². The Bertz CT molecular complexity index is 1130. The molecule has 8 nitrogen and oxygen atoms in total. The average Bonchev–Trinajstić information content (AvgIpc) is 2.73. The SMILES string of the molecule is O=C(NC1CCCc2c1ccc1ccccc21)c1cc([N+](=O)[O-])cc([N+](=O)[O-])c1. The number of aryl methyl sites for hydroxylation is 1. The van der Waals surface area contributed by atoms with E-state index in [2.05, 4.69) is 11.4 Å². The summed E-state index contributed by atoms with van der Waals surface area (Å²) >= 11 is 0. The zero-order valence-corrected chi connectivity index (χ0v) is 15.3. The van der Waals surface area contributed by atoms with Crippen LogP contribution in [0.1, 0.15) is 40.4 Å². The first-order valence-corrected chi connectivity index (χ1v) is 9.19. The molecular formula is C21H17N3O5. The maximum Gasteiger partial charge on any atom is 0.277 e. The Kier molecular flexibility index (Phi) is 4.67. The molecule has 1 N–H and O–H groups in total. The number of nitrogens with one attached hydrogen (secondary N) is 1. The molecule has 29 heavy (non-hydrogen) atoms. The zero-order valence-electron chi connectivity index (χ0n) is 15.3. The fraction of sp³-hybridized carbons (Fsp3) is 0.190. The maximum atomic E-state index is 12.8. The molecule has 1 aliphatic carbocycles. The van der Waals surface area contributed by atoms with Crippen molar-refractivity contribution >= 4 is 28.1 Å². The van der Waals surface area contributed by atoms with Crippen LogP contribution < -0.4 is 5.32 Å². The summed E-state index contributed by atoms with van der Waals surface area (Å²) in [6.07, 6.45) is 2.53. The summed E-state index contributed by atoms with van der Waals surface area (Å²) in [5.74, 6) is -0.567. The van der Waals surface area contributed by atoms with E-state index in [-0.39, 0.29) is 11.6 Å². The number of carbonyl (C=O) groups is 1. The highest BCUT2D eigenvalue weighted by Gasteiger charge is 2.25. The van der Waals surface area contributed by atoms with E-state index in [4.69, 9.17) is 0 Å². The quantitative estimate of drug-likeness (QED) is 0.520. The lowest BCUT2D eigenvalue weighted by Crippen LogP contribution is -2.31. The van der Waals surface area contributed by atoms with Crippen molar-refractivity contribution < 1.29 is 14.6 Å². The van der Waals surface area contributed by atoms with Gasteiger partial charge in [-0.25, -0.2) is 0 Å². The summed E-state index contributed by atoms with van der Waals surface area (Å²) in [7, 11) is 0. The fourth-order valence-corrected chi connectivity index (χ4v) is 3.93. The minimum atomic E-state index is -0.744. The van der Waals surface area contributed by atoms with Gasteiger partial charge in [0.1, 0.15) is 0 Å². The van der Waals surface area contributed by atoms with Crippen molar-refractivity contribution in [3.63, 3.8) is 0 Å². The van der Waals surface area contributed by atoms with Crippen LogP contribution in [0, 0.1) is 20.2 Å². The van der Waals surface area contributed by atoms with Crippen molar-refractivity contribution in [1.82, 2.24) is 5.32 Å². The molecule has 3 aromatic rings. The number of benzene rings is 3. The number of nitrogens with zero attached hydrogens (tertiary/aromatic N) is 2. The molecule has 0 bridgehead atoms.